The highest BCUT2D eigenvalue weighted by Gasteiger charge is 2.23. The molecule has 0 radical (unpaired) electrons. The molecule has 1 saturated heterocycles. The van der Waals surface area contributed by atoms with Crippen molar-refractivity contribution in [3.8, 4) is 0 Å². The van der Waals surface area contributed by atoms with Crippen molar-refractivity contribution in [1.82, 2.24) is 20.4 Å². The average molecular weight is 256 g/mol. The second-order valence-corrected chi connectivity index (χ2v) is 4.41. The lowest BCUT2D eigenvalue weighted by Crippen LogP contribution is -2.53. The smallest absolute Gasteiger partial charge is 0.317 e. The van der Waals surface area contributed by atoms with Crippen LogP contribution in [0.15, 0.2) is 0 Å². The third kappa shape index (κ3) is 4.52. The molecule has 0 unspecified atom stereocenters. The number of hydrogen-bond acceptors (Lipinski definition) is 3. The van der Waals surface area contributed by atoms with E-state index in [9.17, 15) is 9.59 Å². The van der Waals surface area contributed by atoms with Gasteiger partial charge in [0, 0.05) is 39.1 Å². The largest absolute Gasteiger partial charge is 0.339 e. The van der Waals surface area contributed by atoms with Gasteiger partial charge in [-0.1, -0.05) is 0 Å². The van der Waals surface area contributed by atoms with Gasteiger partial charge in [0.2, 0.25) is 5.91 Å². The number of carbonyl (C=O) groups is 2. The minimum absolute atomic E-state index is 0.0280. The number of rotatable bonds is 5. The van der Waals surface area contributed by atoms with Crippen LogP contribution in [0.4, 0.5) is 4.79 Å². The lowest BCUT2D eigenvalue weighted by Gasteiger charge is -2.34. The van der Waals surface area contributed by atoms with Gasteiger partial charge in [-0.25, -0.2) is 4.79 Å². The van der Waals surface area contributed by atoms with E-state index in [1.807, 2.05) is 18.9 Å². The molecule has 104 valence electrons. The molecule has 2 N–H and O–H groups in total. The van der Waals surface area contributed by atoms with E-state index in [4.69, 9.17) is 0 Å². The number of amides is 3. The summed E-state index contributed by atoms with van der Waals surface area (Å²) in [6.45, 7) is 5.96. The van der Waals surface area contributed by atoms with Crippen LogP contribution in [0, 0.1) is 0 Å². The van der Waals surface area contributed by atoms with Crippen LogP contribution in [0.2, 0.25) is 0 Å². The number of nitrogens with zero attached hydrogens (tertiary/aromatic N) is 2. The molecule has 0 atom stereocenters. The normalized spacial score (nSPS) is 15.7. The van der Waals surface area contributed by atoms with Gasteiger partial charge in [0.05, 0.1) is 0 Å². The lowest BCUT2D eigenvalue weighted by molar-refractivity contribution is -0.132. The van der Waals surface area contributed by atoms with Crippen molar-refractivity contribution in [3.63, 3.8) is 0 Å². The fourth-order valence-corrected chi connectivity index (χ4v) is 2.00. The summed E-state index contributed by atoms with van der Waals surface area (Å²) in [6, 6.07) is -0.0280. The second kappa shape index (κ2) is 7.92. The maximum Gasteiger partial charge on any atom is 0.317 e. The number of urea groups is 1. The predicted octanol–water partition coefficient (Wildman–Crippen LogP) is -0.140. The van der Waals surface area contributed by atoms with Crippen molar-refractivity contribution in [2.75, 3.05) is 46.3 Å². The Hall–Kier alpha value is -1.30. The van der Waals surface area contributed by atoms with Gasteiger partial charge >= 0.3 is 6.03 Å². The van der Waals surface area contributed by atoms with Crippen molar-refractivity contribution >= 4 is 11.9 Å². The summed E-state index contributed by atoms with van der Waals surface area (Å²) in [4.78, 5) is 27.1. The van der Waals surface area contributed by atoms with Gasteiger partial charge in [0.15, 0.2) is 0 Å². The van der Waals surface area contributed by atoms with Crippen LogP contribution in [0.1, 0.15) is 19.8 Å². The SMILES string of the molecule is CCNC(=O)N1CCN(C(=O)CCCNC)CC1. The molecule has 0 aromatic rings. The first-order valence-electron chi connectivity index (χ1n) is 6.64. The maximum absolute atomic E-state index is 11.9. The van der Waals surface area contributed by atoms with Crippen LogP contribution in [-0.2, 0) is 4.79 Å². The molecule has 1 heterocycles. The summed E-state index contributed by atoms with van der Waals surface area (Å²) < 4.78 is 0. The molecule has 18 heavy (non-hydrogen) atoms. The van der Waals surface area contributed by atoms with E-state index < -0.39 is 0 Å². The third-order valence-corrected chi connectivity index (χ3v) is 3.07. The molecule has 1 fully saturated rings. The van der Waals surface area contributed by atoms with Gasteiger partial charge in [-0.05, 0) is 26.9 Å². The van der Waals surface area contributed by atoms with E-state index in [0.29, 0.717) is 39.1 Å². The Labute approximate surface area is 109 Å². The Bertz CT molecular complexity index is 275. The van der Waals surface area contributed by atoms with Crippen LogP contribution >= 0.6 is 0 Å². The molecule has 0 bridgehead atoms. The fourth-order valence-electron chi connectivity index (χ4n) is 2.00. The zero-order valence-corrected chi connectivity index (χ0v) is 11.4. The summed E-state index contributed by atoms with van der Waals surface area (Å²) in [7, 11) is 1.88. The van der Waals surface area contributed by atoms with E-state index in [1.54, 1.807) is 4.90 Å². The van der Waals surface area contributed by atoms with Crippen LogP contribution in [0.5, 0.6) is 0 Å². The molecule has 0 saturated carbocycles. The molecule has 6 nitrogen and oxygen atoms in total. The standard InChI is InChI=1S/C12H24N4O2/c1-3-14-12(18)16-9-7-15(8-10-16)11(17)5-4-6-13-2/h13H,3-10H2,1-2H3,(H,14,18). The van der Waals surface area contributed by atoms with Crippen molar-refractivity contribution in [2.45, 2.75) is 19.8 Å². The number of carbonyl (C=O) groups excluding carboxylic acids is 2. The van der Waals surface area contributed by atoms with Crippen LogP contribution < -0.4 is 10.6 Å². The molecule has 1 aliphatic heterocycles. The van der Waals surface area contributed by atoms with E-state index in [-0.39, 0.29) is 11.9 Å². The molecular formula is C12H24N4O2. The van der Waals surface area contributed by atoms with Crippen LogP contribution in [0.25, 0.3) is 0 Å². The fraction of sp³-hybridized carbons (Fsp3) is 0.833. The molecule has 0 aromatic heterocycles. The summed E-state index contributed by atoms with van der Waals surface area (Å²) in [5.41, 5.74) is 0. The van der Waals surface area contributed by atoms with Gasteiger partial charge in [0.25, 0.3) is 0 Å². The van der Waals surface area contributed by atoms with E-state index >= 15 is 0 Å². The topological polar surface area (TPSA) is 64.7 Å². The van der Waals surface area contributed by atoms with Gasteiger partial charge in [-0.15, -0.1) is 0 Å². The Morgan fingerprint density at radius 2 is 1.72 bits per heavy atom. The summed E-state index contributed by atoms with van der Waals surface area (Å²) in [5.74, 6) is 0.195. The highest BCUT2D eigenvalue weighted by atomic mass is 16.2. The molecule has 1 aliphatic rings. The van der Waals surface area contributed by atoms with Gasteiger partial charge < -0.3 is 20.4 Å². The Kier molecular flexibility index (Phi) is 6.49. The quantitative estimate of drug-likeness (QED) is 0.673. The lowest BCUT2D eigenvalue weighted by atomic mass is 10.2. The van der Waals surface area contributed by atoms with Crippen molar-refractivity contribution in [2.24, 2.45) is 0 Å². The zero-order chi connectivity index (χ0) is 13.4. The van der Waals surface area contributed by atoms with Gasteiger partial charge in [-0.3, -0.25) is 4.79 Å². The molecule has 3 amide bonds. The second-order valence-electron chi connectivity index (χ2n) is 4.41. The van der Waals surface area contributed by atoms with E-state index in [1.165, 1.54) is 0 Å². The third-order valence-electron chi connectivity index (χ3n) is 3.07. The molecule has 6 heteroatoms. The maximum atomic E-state index is 11.9. The average Bonchev–Trinajstić information content (AvgIpc) is 2.39. The van der Waals surface area contributed by atoms with Crippen molar-refractivity contribution < 1.29 is 9.59 Å². The number of hydrogen-bond donors (Lipinski definition) is 2. The minimum atomic E-state index is -0.0280. The van der Waals surface area contributed by atoms with Crippen molar-refractivity contribution in [3.05, 3.63) is 0 Å². The highest BCUT2D eigenvalue weighted by Crippen LogP contribution is 2.05. The molecule has 1 rings (SSSR count). The molecule has 0 aliphatic carbocycles. The zero-order valence-electron chi connectivity index (χ0n) is 11.4. The first-order chi connectivity index (χ1) is 8.69. The van der Waals surface area contributed by atoms with Crippen LogP contribution in [0.3, 0.4) is 0 Å². The first kappa shape index (κ1) is 14.8. The molecular weight excluding hydrogens is 232 g/mol. The Morgan fingerprint density at radius 3 is 2.28 bits per heavy atom. The summed E-state index contributed by atoms with van der Waals surface area (Å²) in [6.07, 6.45) is 1.45. The minimum Gasteiger partial charge on any atom is -0.339 e. The molecule has 0 spiro atoms. The first-order valence-corrected chi connectivity index (χ1v) is 6.64. The summed E-state index contributed by atoms with van der Waals surface area (Å²) >= 11 is 0. The van der Waals surface area contributed by atoms with E-state index in [2.05, 4.69) is 10.6 Å². The number of piperazine rings is 1. The van der Waals surface area contributed by atoms with Gasteiger partial charge in [-0.2, -0.15) is 0 Å². The highest BCUT2D eigenvalue weighted by molar-refractivity contribution is 5.77. The Balaban J connectivity index is 2.26. The number of nitrogens with one attached hydrogen (secondary N) is 2. The summed E-state index contributed by atoms with van der Waals surface area (Å²) in [5, 5.41) is 5.81. The monoisotopic (exact) mass is 256 g/mol. The van der Waals surface area contributed by atoms with Crippen molar-refractivity contribution in [1.29, 1.82) is 0 Å². The van der Waals surface area contributed by atoms with Crippen LogP contribution in [-0.4, -0.2) is 68.1 Å². The predicted molar refractivity (Wildman–Crippen MR) is 70.4 cm³/mol. The van der Waals surface area contributed by atoms with Gasteiger partial charge in [0.1, 0.15) is 0 Å². The van der Waals surface area contributed by atoms with E-state index in [0.717, 1.165) is 13.0 Å². The molecule has 0 aromatic carbocycles. The Morgan fingerprint density at radius 1 is 1.11 bits per heavy atom.